The Balaban J connectivity index is 3.13. The number of nitrogens with one attached hydrogen (secondary N) is 1. The van der Waals surface area contributed by atoms with Gasteiger partial charge in [-0.1, -0.05) is 0 Å². The van der Waals surface area contributed by atoms with Crippen LogP contribution in [0.4, 0.5) is 0 Å². The Morgan fingerprint density at radius 2 is 2.00 bits per heavy atom. The van der Waals surface area contributed by atoms with Crippen molar-refractivity contribution >= 4 is 33.6 Å². The third kappa shape index (κ3) is 1.56. The van der Waals surface area contributed by atoms with E-state index in [0.717, 1.165) is 4.57 Å². The van der Waals surface area contributed by atoms with Gasteiger partial charge < -0.3 is 4.98 Å². The zero-order chi connectivity index (χ0) is 11.2. The molecule has 0 spiro atoms. The van der Waals surface area contributed by atoms with Crippen LogP contribution in [0.25, 0.3) is 11.0 Å². The number of halogens is 1. The van der Waals surface area contributed by atoms with Gasteiger partial charge in [0.2, 0.25) is 0 Å². The van der Waals surface area contributed by atoms with E-state index < -0.39 is 11.2 Å². The topological polar surface area (TPSA) is 80.6 Å². The molecule has 0 fully saturated rings. The van der Waals surface area contributed by atoms with E-state index in [1.165, 1.54) is 7.05 Å². The molecule has 7 heteroatoms. The molecule has 0 aromatic carbocycles. The van der Waals surface area contributed by atoms with E-state index in [9.17, 15) is 9.59 Å². The third-order valence-electron chi connectivity index (χ3n) is 2.11. The second-order valence-electron chi connectivity index (χ2n) is 3.10. The van der Waals surface area contributed by atoms with Gasteiger partial charge in [-0.3, -0.25) is 9.36 Å². The zero-order valence-electron chi connectivity index (χ0n) is 8.04. The molecule has 0 bridgehead atoms. The molecule has 0 aliphatic carbocycles. The molecule has 0 unspecified atom stereocenters. The van der Waals surface area contributed by atoms with Crippen molar-refractivity contribution in [2.24, 2.45) is 7.05 Å². The van der Waals surface area contributed by atoms with Crippen molar-refractivity contribution in [2.45, 2.75) is 6.92 Å². The molecule has 0 aliphatic rings. The van der Waals surface area contributed by atoms with Crippen LogP contribution in [0.5, 0.6) is 0 Å². The first-order chi connectivity index (χ1) is 7.00. The molecule has 78 valence electrons. The summed E-state index contributed by atoms with van der Waals surface area (Å²) in [6, 6.07) is 0. The average molecular weight is 318 g/mol. The maximum Gasteiger partial charge on any atom is 0.328 e. The Labute approximate surface area is 97.5 Å². The molecule has 0 radical (unpaired) electrons. The first-order valence-corrected chi connectivity index (χ1v) is 5.21. The van der Waals surface area contributed by atoms with Crippen molar-refractivity contribution in [3.8, 4) is 0 Å². The van der Waals surface area contributed by atoms with E-state index in [4.69, 9.17) is 0 Å². The molecule has 2 rings (SSSR count). The highest BCUT2D eigenvalue weighted by Gasteiger charge is 2.09. The van der Waals surface area contributed by atoms with E-state index in [1.807, 2.05) is 22.6 Å². The number of hydrogen-bond acceptors (Lipinski definition) is 4. The summed E-state index contributed by atoms with van der Waals surface area (Å²) in [5.74, 6) is 0. The summed E-state index contributed by atoms with van der Waals surface area (Å²) < 4.78 is 1.48. The second-order valence-corrected chi connectivity index (χ2v) is 4.06. The van der Waals surface area contributed by atoms with E-state index in [2.05, 4.69) is 15.0 Å². The lowest BCUT2D eigenvalue weighted by molar-refractivity contribution is 0.786. The van der Waals surface area contributed by atoms with Crippen LogP contribution in [-0.2, 0) is 7.05 Å². The molecule has 0 saturated carbocycles. The molecule has 2 heterocycles. The maximum absolute atomic E-state index is 11.7. The van der Waals surface area contributed by atoms with Gasteiger partial charge in [0.15, 0.2) is 9.35 Å². The predicted molar refractivity (Wildman–Crippen MR) is 62.9 cm³/mol. The van der Waals surface area contributed by atoms with Crippen LogP contribution in [0.3, 0.4) is 0 Å². The number of fused-ring (bicyclic) bond motifs is 1. The molecule has 0 atom stereocenters. The van der Waals surface area contributed by atoms with Crippen molar-refractivity contribution in [1.82, 2.24) is 19.5 Å². The van der Waals surface area contributed by atoms with Gasteiger partial charge in [0, 0.05) is 29.6 Å². The minimum Gasteiger partial charge on any atom is -0.304 e. The summed E-state index contributed by atoms with van der Waals surface area (Å²) in [7, 11) is 1.41. The molecular weight excluding hydrogens is 311 g/mol. The molecular formula is C8H7IN4O2. The lowest BCUT2D eigenvalue weighted by atomic mass is 10.3. The number of H-pyrrole nitrogens is 1. The number of aromatic amines is 1. The monoisotopic (exact) mass is 318 g/mol. The number of nitrogens with zero attached hydrogens (tertiary/aromatic N) is 3. The Morgan fingerprint density at radius 3 is 2.67 bits per heavy atom. The van der Waals surface area contributed by atoms with E-state index in [-0.39, 0.29) is 5.52 Å². The Morgan fingerprint density at radius 1 is 1.33 bits per heavy atom. The van der Waals surface area contributed by atoms with E-state index in [1.54, 1.807) is 6.92 Å². The van der Waals surface area contributed by atoms with Crippen molar-refractivity contribution in [3.63, 3.8) is 0 Å². The molecule has 0 amide bonds. The van der Waals surface area contributed by atoms with Crippen LogP contribution >= 0.6 is 22.6 Å². The molecule has 1 N–H and O–H groups in total. The first kappa shape index (κ1) is 10.3. The van der Waals surface area contributed by atoms with Crippen molar-refractivity contribution < 1.29 is 0 Å². The van der Waals surface area contributed by atoms with Gasteiger partial charge in [0.05, 0.1) is 11.2 Å². The SMILES string of the molecule is Cc1nc(I)nc2c(=O)n(C)c(=O)[nH]c12. The average Bonchev–Trinajstić information content (AvgIpc) is 2.17. The number of aromatic nitrogens is 4. The highest BCUT2D eigenvalue weighted by molar-refractivity contribution is 14.1. The third-order valence-corrected chi connectivity index (χ3v) is 2.59. The lowest BCUT2D eigenvalue weighted by Gasteiger charge is -2.02. The summed E-state index contributed by atoms with van der Waals surface area (Å²) >= 11 is 1.93. The Bertz CT molecular complexity index is 658. The molecule has 15 heavy (non-hydrogen) atoms. The summed E-state index contributed by atoms with van der Waals surface area (Å²) in [5, 5.41) is 0. The number of hydrogen-bond donors (Lipinski definition) is 1. The van der Waals surface area contributed by atoms with Gasteiger partial charge in [-0.05, 0) is 6.92 Å². The fourth-order valence-corrected chi connectivity index (χ4v) is 1.89. The second kappa shape index (κ2) is 3.40. The van der Waals surface area contributed by atoms with Crippen LogP contribution in [0.1, 0.15) is 5.69 Å². The summed E-state index contributed by atoms with van der Waals surface area (Å²) in [6.07, 6.45) is 0. The fraction of sp³-hybridized carbons (Fsp3) is 0.250. The number of rotatable bonds is 0. The van der Waals surface area contributed by atoms with Gasteiger partial charge in [-0.2, -0.15) is 0 Å². The first-order valence-electron chi connectivity index (χ1n) is 4.14. The lowest BCUT2D eigenvalue weighted by Crippen LogP contribution is -2.33. The van der Waals surface area contributed by atoms with E-state index >= 15 is 0 Å². The molecule has 2 aromatic rings. The van der Waals surface area contributed by atoms with Crippen LogP contribution in [-0.4, -0.2) is 19.5 Å². The van der Waals surface area contributed by atoms with Crippen molar-refractivity contribution in [2.75, 3.05) is 0 Å². The van der Waals surface area contributed by atoms with E-state index in [0.29, 0.717) is 15.0 Å². The minimum atomic E-state index is -0.458. The smallest absolute Gasteiger partial charge is 0.304 e. The predicted octanol–water partition coefficient (Wildman–Crippen LogP) is -0.0702. The summed E-state index contributed by atoms with van der Waals surface area (Å²) in [4.78, 5) is 33.7. The Hall–Kier alpha value is -1.25. The quantitative estimate of drug-likeness (QED) is 0.545. The van der Waals surface area contributed by atoms with Crippen LogP contribution < -0.4 is 11.2 Å². The van der Waals surface area contributed by atoms with Crippen molar-refractivity contribution in [3.05, 3.63) is 30.4 Å². The molecule has 0 saturated heterocycles. The molecule has 2 aromatic heterocycles. The Kier molecular flexibility index (Phi) is 2.33. The highest BCUT2D eigenvalue weighted by Crippen LogP contribution is 2.08. The van der Waals surface area contributed by atoms with Crippen LogP contribution in [0.2, 0.25) is 0 Å². The summed E-state index contributed by atoms with van der Waals surface area (Å²) in [6.45, 7) is 1.72. The van der Waals surface area contributed by atoms with Gasteiger partial charge in [0.25, 0.3) is 5.56 Å². The minimum absolute atomic E-state index is 0.244. The van der Waals surface area contributed by atoms with Crippen molar-refractivity contribution in [1.29, 1.82) is 0 Å². The standard InChI is InChI=1S/C8H7IN4O2/c1-3-4-5(11-7(9)10-3)6(14)13(2)8(15)12-4/h1-2H3,(H,12,15). The van der Waals surface area contributed by atoms with Gasteiger partial charge >= 0.3 is 5.69 Å². The maximum atomic E-state index is 11.7. The van der Waals surface area contributed by atoms with Gasteiger partial charge in [-0.25, -0.2) is 14.8 Å². The normalized spacial score (nSPS) is 10.9. The zero-order valence-corrected chi connectivity index (χ0v) is 10.2. The van der Waals surface area contributed by atoms with Crippen LogP contribution in [0, 0.1) is 10.8 Å². The summed E-state index contributed by atoms with van der Waals surface area (Å²) in [5.41, 5.74) is 0.384. The van der Waals surface area contributed by atoms with Gasteiger partial charge in [-0.15, -0.1) is 0 Å². The highest BCUT2D eigenvalue weighted by atomic mass is 127. The molecule has 6 nitrogen and oxygen atoms in total. The largest absolute Gasteiger partial charge is 0.328 e. The van der Waals surface area contributed by atoms with Gasteiger partial charge in [0.1, 0.15) is 0 Å². The van der Waals surface area contributed by atoms with Crippen LogP contribution in [0.15, 0.2) is 9.59 Å². The number of aryl methyl sites for hydroxylation is 1. The molecule has 0 aliphatic heterocycles. The fourth-order valence-electron chi connectivity index (χ4n) is 1.29.